The molecule has 0 aromatic rings. The molecular weight excluding hydrogens is 296 g/mol. The summed E-state index contributed by atoms with van der Waals surface area (Å²) in [6.07, 6.45) is -0.976. The molecule has 2 aliphatic heterocycles. The topological polar surface area (TPSA) is 68.2 Å². The summed E-state index contributed by atoms with van der Waals surface area (Å²) in [4.78, 5) is 0. The maximum absolute atomic E-state index is 10.1. The van der Waals surface area contributed by atoms with Gasteiger partial charge in [0.05, 0.1) is 18.3 Å². The molecule has 0 aliphatic carbocycles. The lowest BCUT2D eigenvalue weighted by molar-refractivity contribution is -0.326. The number of hydrogen-bond acceptors (Lipinski definition) is 5. The van der Waals surface area contributed by atoms with E-state index in [0.717, 1.165) is 12.8 Å². The van der Waals surface area contributed by atoms with Crippen LogP contribution in [0.1, 0.15) is 54.4 Å². The van der Waals surface area contributed by atoms with E-state index in [1.807, 2.05) is 13.8 Å². The minimum absolute atomic E-state index is 0.196. The van der Waals surface area contributed by atoms with Crippen LogP contribution in [-0.4, -0.2) is 47.2 Å². The van der Waals surface area contributed by atoms with E-state index in [9.17, 15) is 10.2 Å². The van der Waals surface area contributed by atoms with Crippen LogP contribution in [0.25, 0.3) is 0 Å². The van der Waals surface area contributed by atoms with Crippen LogP contribution in [0.15, 0.2) is 0 Å². The minimum atomic E-state index is -1.14. The average Bonchev–Trinajstić information content (AvgIpc) is 2.55. The van der Waals surface area contributed by atoms with Gasteiger partial charge >= 0.3 is 0 Å². The van der Waals surface area contributed by atoms with Gasteiger partial charge in [0.1, 0.15) is 6.10 Å². The Balaban J connectivity index is 2.11. The Hall–Kier alpha value is -0.200. The highest BCUT2D eigenvalue weighted by molar-refractivity contribution is 4.89. The van der Waals surface area contributed by atoms with Crippen molar-refractivity contribution < 1.29 is 24.4 Å². The molecule has 0 radical (unpaired) electrons. The van der Waals surface area contributed by atoms with Crippen LogP contribution in [0.4, 0.5) is 0 Å². The molecule has 2 heterocycles. The Kier molecular flexibility index (Phi) is 6.48. The third-order valence-corrected chi connectivity index (χ3v) is 6.11. The zero-order valence-electron chi connectivity index (χ0n) is 15.3. The first-order valence-corrected chi connectivity index (χ1v) is 9.14. The zero-order valence-corrected chi connectivity index (χ0v) is 15.3. The van der Waals surface area contributed by atoms with Gasteiger partial charge in [0, 0.05) is 11.8 Å². The number of aliphatic hydroxyl groups excluding tert-OH is 2. The first-order chi connectivity index (χ1) is 10.8. The van der Waals surface area contributed by atoms with Crippen LogP contribution >= 0.6 is 0 Å². The molecule has 5 nitrogen and oxygen atoms in total. The van der Waals surface area contributed by atoms with Gasteiger partial charge in [0.2, 0.25) is 0 Å². The van der Waals surface area contributed by atoms with E-state index < -0.39 is 12.4 Å². The maximum atomic E-state index is 10.1. The summed E-state index contributed by atoms with van der Waals surface area (Å²) < 4.78 is 18.1. The predicted molar refractivity (Wildman–Crippen MR) is 87.7 cm³/mol. The summed E-state index contributed by atoms with van der Waals surface area (Å²) in [5.74, 6) is 1.09. The van der Waals surface area contributed by atoms with Gasteiger partial charge < -0.3 is 24.4 Å². The molecule has 0 bridgehead atoms. The van der Waals surface area contributed by atoms with Crippen molar-refractivity contribution in [1.82, 2.24) is 0 Å². The van der Waals surface area contributed by atoms with Gasteiger partial charge in [-0.25, -0.2) is 0 Å². The average molecular weight is 330 g/mol. The molecule has 23 heavy (non-hydrogen) atoms. The molecule has 5 heteroatoms. The van der Waals surface area contributed by atoms with E-state index in [2.05, 4.69) is 27.7 Å². The van der Waals surface area contributed by atoms with E-state index >= 15 is 0 Å². The van der Waals surface area contributed by atoms with Gasteiger partial charge in [-0.15, -0.1) is 0 Å². The fourth-order valence-electron chi connectivity index (χ4n) is 3.93. The first-order valence-electron chi connectivity index (χ1n) is 9.14. The molecule has 10 atom stereocenters. The lowest BCUT2D eigenvalue weighted by atomic mass is 9.78. The Labute approximate surface area is 140 Å². The molecule has 2 fully saturated rings. The van der Waals surface area contributed by atoms with Gasteiger partial charge in [0.15, 0.2) is 12.6 Å². The van der Waals surface area contributed by atoms with Crippen LogP contribution in [0, 0.1) is 23.7 Å². The summed E-state index contributed by atoms with van der Waals surface area (Å²) in [5.41, 5.74) is 0. The lowest BCUT2D eigenvalue weighted by Crippen LogP contribution is -2.56. The fraction of sp³-hybridized carbons (Fsp3) is 1.00. The monoisotopic (exact) mass is 330 g/mol. The third-order valence-electron chi connectivity index (χ3n) is 6.11. The highest BCUT2D eigenvalue weighted by Crippen LogP contribution is 2.39. The highest BCUT2D eigenvalue weighted by Gasteiger charge is 2.46. The first kappa shape index (κ1) is 19.1. The van der Waals surface area contributed by atoms with Crippen molar-refractivity contribution in [3.8, 4) is 0 Å². The molecule has 0 amide bonds. The molecule has 2 rings (SSSR count). The van der Waals surface area contributed by atoms with E-state index in [0.29, 0.717) is 11.8 Å². The molecule has 2 aliphatic rings. The van der Waals surface area contributed by atoms with Crippen LogP contribution in [0.3, 0.4) is 0 Å². The molecule has 5 unspecified atom stereocenters. The van der Waals surface area contributed by atoms with Crippen LogP contribution in [0.5, 0.6) is 0 Å². The zero-order chi connectivity index (χ0) is 17.3. The quantitative estimate of drug-likeness (QED) is 0.829. The minimum Gasteiger partial charge on any atom is -0.387 e. The van der Waals surface area contributed by atoms with Gasteiger partial charge in [0.25, 0.3) is 0 Å². The van der Waals surface area contributed by atoms with Crippen molar-refractivity contribution in [2.24, 2.45) is 23.7 Å². The largest absolute Gasteiger partial charge is 0.387 e. The maximum Gasteiger partial charge on any atom is 0.181 e. The third kappa shape index (κ3) is 3.74. The Morgan fingerprint density at radius 2 is 1.39 bits per heavy atom. The van der Waals surface area contributed by atoms with Crippen molar-refractivity contribution >= 4 is 0 Å². The van der Waals surface area contributed by atoms with Crippen molar-refractivity contribution in [3.63, 3.8) is 0 Å². The van der Waals surface area contributed by atoms with E-state index in [4.69, 9.17) is 14.2 Å². The second-order valence-corrected chi connectivity index (χ2v) is 7.45. The molecular formula is C18H34O5. The lowest BCUT2D eigenvalue weighted by Gasteiger charge is -2.48. The van der Waals surface area contributed by atoms with E-state index in [-0.39, 0.29) is 36.4 Å². The summed E-state index contributed by atoms with van der Waals surface area (Å²) in [7, 11) is 0. The smallest absolute Gasteiger partial charge is 0.181 e. The van der Waals surface area contributed by atoms with Gasteiger partial charge in [-0.2, -0.15) is 0 Å². The van der Waals surface area contributed by atoms with E-state index in [1.54, 1.807) is 0 Å². The highest BCUT2D eigenvalue weighted by atomic mass is 16.7. The molecule has 0 saturated carbocycles. The van der Waals surface area contributed by atoms with Gasteiger partial charge in [-0.05, 0) is 24.7 Å². The van der Waals surface area contributed by atoms with Crippen molar-refractivity contribution in [2.45, 2.75) is 91.4 Å². The standard InChI is InChI=1S/C18H34O5/c1-7-13-10(4)9(3)11(5)18(22-13)23-16-12(6)15(19)17(20)21-14(16)8-2/h9-20H,7-8H2,1-6H3/t9-,10+,11?,12+,13?,14?,15?,16+,17?,18-/m0/s1. The van der Waals surface area contributed by atoms with Crippen LogP contribution in [0.2, 0.25) is 0 Å². The van der Waals surface area contributed by atoms with Crippen molar-refractivity contribution in [1.29, 1.82) is 0 Å². The molecule has 0 spiro atoms. The van der Waals surface area contributed by atoms with Crippen LogP contribution < -0.4 is 0 Å². The van der Waals surface area contributed by atoms with Crippen LogP contribution in [-0.2, 0) is 14.2 Å². The Morgan fingerprint density at radius 3 is 1.96 bits per heavy atom. The number of rotatable bonds is 4. The normalized spacial score (nSPS) is 51.7. The molecule has 2 N–H and O–H groups in total. The second kappa shape index (κ2) is 7.79. The van der Waals surface area contributed by atoms with Crippen molar-refractivity contribution in [2.75, 3.05) is 0 Å². The molecule has 0 aromatic heterocycles. The van der Waals surface area contributed by atoms with Gasteiger partial charge in [-0.3, -0.25) is 0 Å². The fourth-order valence-corrected chi connectivity index (χ4v) is 3.93. The number of hydrogen-bond donors (Lipinski definition) is 2. The SMILES string of the molecule is CCC1O[C@@H](O[C@H]2C(CC)OC(O)C(O)[C@H]2C)C(C)[C@@H](C)[C@H]1C. The summed E-state index contributed by atoms with van der Waals surface area (Å²) in [6.45, 7) is 12.7. The predicted octanol–water partition coefficient (Wildman–Crippen LogP) is 2.54. The molecule has 0 aromatic carbocycles. The molecule has 2 saturated heterocycles. The summed E-state index contributed by atoms with van der Waals surface area (Å²) >= 11 is 0. The number of ether oxygens (including phenoxy) is 3. The van der Waals surface area contributed by atoms with E-state index in [1.165, 1.54) is 0 Å². The number of aliphatic hydroxyl groups is 2. The Morgan fingerprint density at radius 1 is 0.783 bits per heavy atom. The summed E-state index contributed by atoms with van der Waals surface area (Å²) in [5, 5.41) is 19.9. The Bertz CT molecular complexity index is 372. The van der Waals surface area contributed by atoms with Gasteiger partial charge in [-0.1, -0.05) is 41.5 Å². The second-order valence-electron chi connectivity index (χ2n) is 7.45. The van der Waals surface area contributed by atoms with Crippen molar-refractivity contribution in [3.05, 3.63) is 0 Å². The summed E-state index contributed by atoms with van der Waals surface area (Å²) in [6, 6.07) is 0. The molecule has 136 valence electrons.